The van der Waals surface area contributed by atoms with Crippen molar-refractivity contribution in [1.82, 2.24) is 24.2 Å². The van der Waals surface area contributed by atoms with Crippen LogP contribution in [0.3, 0.4) is 0 Å². The number of carbonyl (C=O) groups excluding carboxylic acids is 1. The second-order valence-corrected chi connectivity index (χ2v) is 8.55. The molecule has 0 spiro atoms. The van der Waals surface area contributed by atoms with Crippen molar-refractivity contribution >= 4 is 34.2 Å². The second-order valence-electron chi connectivity index (χ2n) is 8.11. The number of rotatable bonds is 5. The Bertz CT molecular complexity index is 1390. The molecule has 1 saturated heterocycles. The zero-order chi connectivity index (χ0) is 23.7. The zero-order valence-electron chi connectivity index (χ0n) is 18.3. The van der Waals surface area contributed by atoms with Crippen LogP contribution >= 0.6 is 11.6 Å². The predicted molar refractivity (Wildman–Crippen MR) is 128 cm³/mol. The monoisotopic (exact) mass is 480 g/mol. The van der Waals surface area contributed by atoms with Gasteiger partial charge in [-0.3, -0.25) is 14.2 Å². The molecule has 0 bridgehead atoms. The molecule has 8 nitrogen and oxygen atoms in total. The minimum atomic E-state index is -0.355. The molecule has 2 aromatic heterocycles. The zero-order valence-corrected chi connectivity index (χ0v) is 19.0. The largest absolute Gasteiger partial charge is 0.368 e. The number of anilines is 1. The number of piperazine rings is 1. The van der Waals surface area contributed by atoms with Crippen molar-refractivity contribution in [3.8, 4) is 5.69 Å². The van der Waals surface area contributed by atoms with Crippen molar-refractivity contribution < 1.29 is 9.18 Å². The molecule has 2 aromatic carbocycles. The van der Waals surface area contributed by atoms with Crippen LogP contribution in [0.1, 0.15) is 6.42 Å². The summed E-state index contributed by atoms with van der Waals surface area (Å²) in [5, 5.41) is 5.27. The molecule has 0 saturated carbocycles. The van der Waals surface area contributed by atoms with E-state index in [9.17, 15) is 14.0 Å². The maximum absolute atomic E-state index is 13.2. The smallest absolute Gasteiger partial charge is 0.264 e. The van der Waals surface area contributed by atoms with Crippen LogP contribution in [0.15, 0.2) is 65.8 Å². The van der Waals surface area contributed by atoms with E-state index in [-0.39, 0.29) is 30.2 Å². The maximum Gasteiger partial charge on any atom is 0.264 e. The Kier molecular flexibility index (Phi) is 6.02. The number of aryl methyl sites for hydroxylation is 1. The van der Waals surface area contributed by atoms with Crippen molar-refractivity contribution in [3.05, 3.63) is 82.2 Å². The molecule has 0 N–H and O–H groups in total. The van der Waals surface area contributed by atoms with E-state index in [1.165, 1.54) is 33.9 Å². The molecule has 5 rings (SSSR count). The summed E-state index contributed by atoms with van der Waals surface area (Å²) >= 11 is 6.09. The number of hydrogen-bond acceptors (Lipinski definition) is 5. The third-order valence-corrected chi connectivity index (χ3v) is 6.23. The van der Waals surface area contributed by atoms with Gasteiger partial charge in [0, 0.05) is 49.9 Å². The standard InChI is InChI=1S/C24H22ClFN6O2/c25-17-2-1-3-20(14-17)29-10-12-30(13-11-29)22(33)8-9-31-16-27-23-21(24(31)34)15-28-32(23)19-6-4-18(26)5-7-19/h1-7,14-16H,8-13H2. The lowest BCUT2D eigenvalue weighted by molar-refractivity contribution is -0.131. The molecule has 1 aliphatic heterocycles. The van der Waals surface area contributed by atoms with Gasteiger partial charge in [-0.2, -0.15) is 5.10 Å². The fourth-order valence-corrected chi connectivity index (χ4v) is 4.32. The molecule has 0 aliphatic carbocycles. The minimum absolute atomic E-state index is 0.000233. The second kappa shape index (κ2) is 9.26. The lowest BCUT2D eigenvalue weighted by Gasteiger charge is -2.36. The number of carbonyl (C=O) groups is 1. The average molecular weight is 481 g/mol. The number of aromatic nitrogens is 4. The molecule has 174 valence electrons. The fraction of sp³-hybridized carbons (Fsp3) is 0.250. The topological polar surface area (TPSA) is 76.3 Å². The summed E-state index contributed by atoms with van der Waals surface area (Å²) in [6, 6.07) is 13.5. The quantitative estimate of drug-likeness (QED) is 0.438. The third kappa shape index (κ3) is 4.38. The van der Waals surface area contributed by atoms with Gasteiger partial charge in [0.15, 0.2) is 5.65 Å². The molecule has 1 amide bonds. The van der Waals surface area contributed by atoms with Crippen LogP contribution in [0.4, 0.5) is 10.1 Å². The van der Waals surface area contributed by atoms with E-state index >= 15 is 0 Å². The lowest BCUT2D eigenvalue weighted by atomic mass is 10.2. The molecule has 10 heteroatoms. The van der Waals surface area contributed by atoms with Crippen molar-refractivity contribution in [3.63, 3.8) is 0 Å². The van der Waals surface area contributed by atoms with Crippen LogP contribution in [0.2, 0.25) is 5.02 Å². The van der Waals surface area contributed by atoms with Crippen molar-refractivity contribution in [2.75, 3.05) is 31.1 Å². The summed E-state index contributed by atoms with van der Waals surface area (Å²) in [5.41, 5.74) is 1.77. The Morgan fingerprint density at radius 2 is 1.79 bits per heavy atom. The van der Waals surface area contributed by atoms with Gasteiger partial charge >= 0.3 is 0 Å². The van der Waals surface area contributed by atoms with Gasteiger partial charge in [-0.05, 0) is 42.5 Å². The molecule has 0 atom stereocenters. The van der Waals surface area contributed by atoms with Crippen LogP contribution in [0.25, 0.3) is 16.7 Å². The van der Waals surface area contributed by atoms with Gasteiger partial charge in [0.2, 0.25) is 5.91 Å². The first kappa shape index (κ1) is 22.1. The van der Waals surface area contributed by atoms with Crippen LogP contribution in [-0.2, 0) is 11.3 Å². The minimum Gasteiger partial charge on any atom is -0.368 e. The lowest BCUT2D eigenvalue weighted by Crippen LogP contribution is -2.49. The van der Waals surface area contributed by atoms with E-state index in [1.54, 1.807) is 12.1 Å². The fourth-order valence-electron chi connectivity index (χ4n) is 4.14. The Hall–Kier alpha value is -3.72. The summed E-state index contributed by atoms with van der Waals surface area (Å²) in [6.07, 6.45) is 3.08. The number of nitrogens with zero attached hydrogens (tertiary/aromatic N) is 6. The van der Waals surface area contributed by atoms with E-state index < -0.39 is 0 Å². The number of benzene rings is 2. The predicted octanol–water partition coefficient (Wildman–Crippen LogP) is 3.11. The SMILES string of the molecule is O=C(CCn1cnc2c(cnn2-c2ccc(F)cc2)c1=O)N1CCN(c2cccc(Cl)c2)CC1. The molecule has 1 aliphatic rings. The average Bonchev–Trinajstić information content (AvgIpc) is 3.29. The van der Waals surface area contributed by atoms with Crippen LogP contribution in [0, 0.1) is 5.82 Å². The number of hydrogen-bond donors (Lipinski definition) is 0. The third-order valence-electron chi connectivity index (χ3n) is 6.00. The van der Waals surface area contributed by atoms with Crippen molar-refractivity contribution in [1.29, 1.82) is 0 Å². The van der Waals surface area contributed by atoms with Crippen molar-refractivity contribution in [2.45, 2.75) is 13.0 Å². The number of amides is 1. The molecule has 1 fully saturated rings. The first-order chi connectivity index (χ1) is 16.5. The van der Waals surface area contributed by atoms with Gasteiger partial charge in [0.25, 0.3) is 5.56 Å². The highest BCUT2D eigenvalue weighted by Gasteiger charge is 2.21. The van der Waals surface area contributed by atoms with E-state index in [1.807, 2.05) is 29.2 Å². The molecule has 34 heavy (non-hydrogen) atoms. The Balaban J connectivity index is 1.23. The first-order valence-electron chi connectivity index (χ1n) is 11.0. The first-order valence-corrected chi connectivity index (χ1v) is 11.3. The van der Waals surface area contributed by atoms with Gasteiger partial charge in [-0.1, -0.05) is 17.7 Å². The summed E-state index contributed by atoms with van der Waals surface area (Å²) in [6.45, 7) is 2.91. The van der Waals surface area contributed by atoms with E-state index in [2.05, 4.69) is 15.0 Å². The number of halogens is 2. The summed E-state index contributed by atoms with van der Waals surface area (Å²) < 4.78 is 16.1. The molecule has 0 radical (unpaired) electrons. The maximum atomic E-state index is 13.2. The molecular formula is C24H22ClFN6O2. The highest BCUT2D eigenvalue weighted by atomic mass is 35.5. The normalized spacial score (nSPS) is 14.1. The van der Waals surface area contributed by atoms with E-state index in [0.29, 0.717) is 34.8 Å². The highest BCUT2D eigenvalue weighted by Crippen LogP contribution is 2.21. The van der Waals surface area contributed by atoms with Crippen LogP contribution in [-0.4, -0.2) is 56.3 Å². The summed E-state index contributed by atoms with van der Waals surface area (Å²) in [5.74, 6) is -0.356. The van der Waals surface area contributed by atoms with Crippen LogP contribution in [0.5, 0.6) is 0 Å². The van der Waals surface area contributed by atoms with Crippen LogP contribution < -0.4 is 10.5 Å². The Labute approximate surface area is 199 Å². The highest BCUT2D eigenvalue weighted by molar-refractivity contribution is 6.30. The van der Waals surface area contributed by atoms with Crippen molar-refractivity contribution in [2.24, 2.45) is 0 Å². The summed E-state index contributed by atoms with van der Waals surface area (Å²) in [7, 11) is 0. The van der Waals surface area contributed by atoms with Gasteiger partial charge in [-0.25, -0.2) is 14.1 Å². The van der Waals surface area contributed by atoms with E-state index in [0.717, 1.165) is 18.8 Å². The van der Waals surface area contributed by atoms with Gasteiger partial charge < -0.3 is 9.80 Å². The Morgan fingerprint density at radius 3 is 2.53 bits per heavy atom. The van der Waals surface area contributed by atoms with E-state index in [4.69, 9.17) is 11.6 Å². The molecule has 4 aromatic rings. The van der Waals surface area contributed by atoms with Gasteiger partial charge in [-0.15, -0.1) is 0 Å². The van der Waals surface area contributed by atoms with Gasteiger partial charge in [0.1, 0.15) is 11.2 Å². The molecular weight excluding hydrogens is 459 g/mol. The Morgan fingerprint density at radius 1 is 1.03 bits per heavy atom. The molecule has 3 heterocycles. The number of fused-ring (bicyclic) bond motifs is 1. The van der Waals surface area contributed by atoms with Gasteiger partial charge in [0.05, 0.1) is 18.2 Å². The molecule has 0 unspecified atom stereocenters. The summed E-state index contributed by atoms with van der Waals surface area (Å²) in [4.78, 5) is 34.1.